The predicted molar refractivity (Wildman–Crippen MR) is 128 cm³/mol. The van der Waals surface area contributed by atoms with E-state index >= 15 is 0 Å². The summed E-state index contributed by atoms with van der Waals surface area (Å²) in [6.07, 6.45) is 0. The van der Waals surface area contributed by atoms with Gasteiger partial charge in [0.05, 0.1) is 27.3 Å². The number of aromatic nitrogens is 2. The van der Waals surface area contributed by atoms with Crippen LogP contribution in [0.3, 0.4) is 0 Å². The Morgan fingerprint density at radius 3 is 1.62 bits per heavy atom. The van der Waals surface area contributed by atoms with Gasteiger partial charge in [0.2, 0.25) is 0 Å². The number of fused-ring (bicyclic) bond motifs is 1. The molecule has 5 nitrogen and oxygen atoms in total. The molecule has 5 aromatic rings. The second-order valence-electron chi connectivity index (χ2n) is 7.27. The third-order valence-corrected chi connectivity index (χ3v) is 6.45. The molecule has 0 amide bonds. The lowest BCUT2D eigenvalue weighted by atomic mass is 10.0. The Kier molecular flexibility index (Phi) is 5.13. The van der Waals surface area contributed by atoms with Gasteiger partial charge in [-0.25, -0.2) is 18.4 Å². The van der Waals surface area contributed by atoms with Gasteiger partial charge in [-0.2, -0.15) is 0 Å². The molecule has 0 spiro atoms. The van der Waals surface area contributed by atoms with Gasteiger partial charge in [0, 0.05) is 16.8 Å². The van der Waals surface area contributed by atoms with Gasteiger partial charge in [-0.1, -0.05) is 78.9 Å². The Hall–Kier alpha value is -4.03. The molecule has 4 aromatic carbocycles. The fraction of sp³-hybridized carbons (Fsp3) is 0. The molecule has 5 rings (SSSR count). The van der Waals surface area contributed by atoms with Crippen LogP contribution in [-0.2, 0) is 10.0 Å². The van der Waals surface area contributed by atoms with Gasteiger partial charge in [0.25, 0.3) is 10.0 Å². The van der Waals surface area contributed by atoms with E-state index in [4.69, 9.17) is 9.97 Å². The first-order valence-corrected chi connectivity index (χ1v) is 11.6. The summed E-state index contributed by atoms with van der Waals surface area (Å²) < 4.78 is 28.5. The zero-order chi connectivity index (χ0) is 22.0. The summed E-state index contributed by atoms with van der Waals surface area (Å²) >= 11 is 0. The quantitative estimate of drug-likeness (QED) is 0.379. The Balaban J connectivity index is 1.65. The van der Waals surface area contributed by atoms with Crippen molar-refractivity contribution >= 4 is 26.7 Å². The molecular formula is C26H19N3O2S. The van der Waals surface area contributed by atoms with Gasteiger partial charge in [-0.15, -0.1) is 0 Å². The molecule has 0 aliphatic rings. The van der Waals surface area contributed by atoms with Crippen LogP contribution in [0.1, 0.15) is 0 Å². The van der Waals surface area contributed by atoms with E-state index in [0.717, 1.165) is 16.8 Å². The minimum Gasteiger partial charge on any atom is -0.280 e. The van der Waals surface area contributed by atoms with Crippen molar-refractivity contribution in [3.8, 4) is 22.5 Å². The molecule has 32 heavy (non-hydrogen) atoms. The van der Waals surface area contributed by atoms with Crippen molar-refractivity contribution in [3.05, 3.63) is 109 Å². The van der Waals surface area contributed by atoms with Crippen LogP contribution in [0.15, 0.2) is 114 Å². The third kappa shape index (κ3) is 3.96. The second-order valence-corrected chi connectivity index (χ2v) is 8.96. The molecule has 0 fully saturated rings. The summed E-state index contributed by atoms with van der Waals surface area (Å²) in [5.41, 5.74) is 4.96. The average molecular weight is 438 g/mol. The van der Waals surface area contributed by atoms with E-state index in [-0.39, 0.29) is 4.90 Å². The highest BCUT2D eigenvalue weighted by Crippen LogP contribution is 2.31. The molecule has 0 unspecified atom stereocenters. The molecule has 0 aliphatic heterocycles. The maximum absolute atomic E-state index is 12.9. The van der Waals surface area contributed by atoms with Crippen molar-refractivity contribution in [2.45, 2.75) is 4.90 Å². The molecule has 0 aliphatic carbocycles. The topological polar surface area (TPSA) is 72.0 Å². The number of benzene rings is 4. The fourth-order valence-corrected chi connectivity index (χ4v) is 4.59. The lowest BCUT2D eigenvalue weighted by Gasteiger charge is -2.12. The highest BCUT2D eigenvalue weighted by atomic mass is 32.2. The lowest BCUT2D eigenvalue weighted by molar-refractivity contribution is 0.601. The first kappa shape index (κ1) is 19.9. The van der Waals surface area contributed by atoms with Crippen LogP contribution in [0.5, 0.6) is 0 Å². The summed E-state index contributed by atoms with van der Waals surface area (Å²) in [7, 11) is -3.76. The van der Waals surface area contributed by atoms with Gasteiger partial charge in [-0.05, 0) is 30.3 Å². The number of anilines is 1. The van der Waals surface area contributed by atoms with Gasteiger partial charge in [0.15, 0.2) is 0 Å². The molecule has 1 heterocycles. The molecule has 0 saturated carbocycles. The van der Waals surface area contributed by atoms with Crippen LogP contribution in [0, 0.1) is 0 Å². The molecule has 0 atom stereocenters. The number of hydrogen-bond donors (Lipinski definition) is 1. The zero-order valence-corrected chi connectivity index (χ0v) is 17.8. The largest absolute Gasteiger partial charge is 0.280 e. The van der Waals surface area contributed by atoms with Crippen molar-refractivity contribution in [3.63, 3.8) is 0 Å². The number of hydrogen-bond acceptors (Lipinski definition) is 4. The molecule has 0 radical (unpaired) electrons. The number of nitrogens with one attached hydrogen (secondary N) is 1. The Morgan fingerprint density at radius 1 is 0.562 bits per heavy atom. The number of nitrogens with zero attached hydrogens (tertiary/aromatic N) is 2. The fourth-order valence-electron chi connectivity index (χ4n) is 3.52. The first-order chi connectivity index (χ1) is 15.6. The maximum atomic E-state index is 12.9. The van der Waals surface area contributed by atoms with Gasteiger partial charge in [0.1, 0.15) is 0 Å². The van der Waals surface area contributed by atoms with E-state index in [1.54, 1.807) is 42.5 Å². The molecule has 156 valence electrons. The maximum Gasteiger partial charge on any atom is 0.261 e. The van der Waals surface area contributed by atoms with Crippen LogP contribution in [0.2, 0.25) is 0 Å². The summed E-state index contributed by atoms with van der Waals surface area (Å²) in [5.74, 6) is 0. The molecule has 1 N–H and O–H groups in total. The molecule has 6 heteroatoms. The number of sulfonamides is 1. The summed E-state index contributed by atoms with van der Waals surface area (Å²) in [4.78, 5) is 9.83. The molecule has 0 bridgehead atoms. The van der Waals surface area contributed by atoms with Crippen LogP contribution in [0.4, 0.5) is 5.69 Å². The molecular weight excluding hydrogens is 418 g/mol. The Bertz CT molecular complexity index is 1490. The third-order valence-electron chi connectivity index (χ3n) is 5.07. The summed E-state index contributed by atoms with van der Waals surface area (Å²) in [6, 6.07) is 33.3. The first-order valence-electron chi connectivity index (χ1n) is 10.1. The van der Waals surface area contributed by atoms with Gasteiger partial charge in [-0.3, -0.25) is 4.72 Å². The van der Waals surface area contributed by atoms with Crippen LogP contribution >= 0.6 is 0 Å². The average Bonchev–Trinajstić information content (AvgIpc) is 2.84. The highest BCUT2D eigenvalue weighted by Gasteiger charge is 2.18. The standard InChI is InChI=1S/C26H19N3O2S/c30-32(31,29-21-14-8-3-9-15-21)22-16-17-23-24(18-22)28-26(20-12-6-2-7-13-20)25(27-23)19-10-4-1-5-11-19/h1-18,29H. The summed E-state index contributed by atoms with van der Waals surface area (Å²) in [5, 5.41) is 0. The van der Waals surface area contributed by atoms with E-state index in [9.17, 15) is 8.42 Å². The van der Waals surface area contributed by atoms with Gasteiger partial charge >= 0.3 is 0 Å². The van der Waals surface area contributed by atoms with Crippen LogP contribution in [0.25, 0.3) is 33.5 Å². The number of rotatable bonds is 5. The number of para-hydroxylation sites is 1. The van der Waals surface area contributed by atoms with Crippen molar-refractivity contribution in [2.24, 2.45) is 0 Å². The van der Waals surface area contributed by atoms with Crippen LogP contribution < -0.4 is 4.72 Å². The van der Waals surface area contributed by atoms with Crippen LogP contribution in [-0.4, -0.2) is 18.4 Å². The van der Waals surface area contributed by atoms with Crippen molar-refractivity contribution in [2.75, 3.05) is 4.72 Å². The van der Waals surface area contributed by atoms with Crippen molar-refractivity contribution in [1.29, 1.82) is 0 Å². The van der Waals surface area contributed by atoms with E-state index in [1.165, 1.54) is 0 Å². The van der Waals surface area contributed by atoms with E-state index in [2.05, 4.69) is 4.72 Å². The van der Waals surface area contributed by atoms with E-state index in [0.29, 0.717) is 22.4 Å². The van der Waals surface area contributed by atoms with E-state index in [1.807, 2.05) is 66.7 Å². The predicted octanol–water partition coefficient (Wildman–Crippen LogP) is 5.76. The lowest BCUT2D eigenvalue weighted by Crippen LogP contribution is -2.13. The molecule has 0 saturated heterocycles. The Labute approximate surface area is 186 Å². The van der Waals surface area contributed by atoms with E-state index < -0.39 is 10.0 Å². The molecule has 1 aromatic heterocycles. The second kappa shape index (κ2) is 8.24. The summed E-state index contributed by atoms with van der Waals surface area (Å²) in [6.45, 7) is 0. The minimum absolute atomic E-state index is 0.134. The Morgan fingerprint density at radius 2 is 1.06 bits per heavy atom. The zero-order valence-electron chi connectivity index (χ0n) is 17.0. The minimum atomic E-state index is -3.76. The normalized spacial score (nSPS) is 11.4. The van der Waals surface area contributed by atoms with Gasteiger partial charge < -0.3 is 0 Å². The van der Waals surface area contributed by atoms with Crippen molar-refractivity contribution < 1.29 is 8.42 Å². The SMILES string of the molecule is O=S(=O)(Nc1ccccc1)c1ccc2nc(-c3ccccc3)c(-c3ccccc3)nc2c1. The highest BCUT2D eigenvalue weighted by molar-refractivity contribution is 7.92. The monoisotopic (exact) mass is 437 g/mol. The van der Waals surface area contributed by atoms with Crippen molar-refractivity contribution in [1.82, 2.24) is 9.97 Å². The smallest absolute Gasteiger partial charge is 0.261 e.